The van der Waals surface area contributed by atoms with E-state index in [0.717, 1.165) is 28.1 Å². The van der Waals surface area contributed by atoms with Gasteiger partial charge in [0, 0.05) is 13.6 Å². The summed E-state index contributed by atoms with van der Waals surface area (Å²) in [7, 11) is -2.37. The molecule has 1 N–H and O–H groups in total. The number of hydrogen-bond acceptors (Lipinski definition) is 5. The number of aromatic nitrogens is 3. The molecular formula is C9H14N4O4S. The van der Waals surface area contributed by atoms with Gasteiger partial charge in [0.2, 0.25) is 5.03 Å². The number of carbonyl (C=O) groups is 1. The van der Waals surface area contributed by atoms with Gasteiger partial charge in [-0.3, -0.25) is 4.79 Å². The largest absolute Gasteiger partial charge is 0.480 e. The van der Waals surface area contributed by atoms with Crippen LogP contribution in [0.2, 0.25) is 0 Å². The average molecular weight is 274 g/mol. The molecule has 1 aliphatic carbocycles. The van der Waals surface area contributed by atoms with E-state index in [2.05, 4.69) is 10.2 Å². The summed E-state index contributed by atoms with van der Waals surface area (Å²) in [5, 5.41) is 16.0. The van der Waals surface area contributed by atoms with Gasteiger partial charge >= 0.3 is 5.97 Å². The lowest BCUT2D eigenvalue weighted by atomic mass is 10.4. The van der Waals surface area contributed by atoms with Gasteiger partial charge in [0.15, 0.2) is 0 Å². The zero-order chi connectivity index (χ0) is 13.3. The van der Waals surface area contributed by atoms with E-state index < -0.39 is 22.5 Å². The summed E-state index contributed by atoms with van der Waals surface area (Å²) in [4.78, 5) is 11.9. The Morgan fingerprint density at radius 3 is 2.72 bits per heavy atom. The second-order valence-electron chi connectivity index (χ2n) is 4.31. The van der Waals surface area contributed by atoms with E-state index in [4.69, 9.17) is 5.11 Å². The van der Waals surface area contributed by atoms with Crippen LogP contribution >= 0.6 is 0 Å². The average Bonchev–Trinajstić information content (AvgIpc) is 2.96. The fraction of sp³-hybridized carbons (Fsp3) is 0.667. The molecule has 0 unspecified atom stereocenters. The summed E-state index contributed by atoms with van der Waals surface area (Å²) in [6.45, 7) is -0.319. The van der Waals surface area contributed by atoms with Crippen LogP contribution in [0.4, 0.5) is 0 Å². The van der Waals surface area contributed by atoms with E-state index in [-0.39, 0.29) is 17.5 Å². The maximum atomic E-state index is 12.2. The van der Waals surface area contributed by atoms with Crippen LogP contribution < -0.4 is 0 Å². The lowest BCUT2D eigenvalue weighted by Crippen LogP contribution is -2.37. The van der Waals surface area contributed by atoms with E-state index in [9.17, 15) is 13.2 Å². The molecule has 8 nitrogen and oxygen atoms in total. The topological polar surface area (TPSA) is 105 Å². The van der Waals surface area contributed by atoms with Gasteiger partial charge < -0.3 is 5.11 Å². The summed E-state index contributed by atoms with van der Waals surface area (Å²) in [5.41, 5.74) is 0. The smallest absolute Gasteiger partial charge is 0.318 e. The van der Waals surface area contributed by atoms with Crippen LogP contribution in [0, 0.1) is 5.92 Å². The molecule has 1 aromatic rings. The van der Waals surface area contributed by atoms with Crippen molar-refractivity contribution in [3.8, 4) is 0 Å². The van der Waals surface area contributed by atoms with Crippen LogP contribution in [0.1, 0.15) is 12.8 Å². The van der Waals surface area contributed by atoms with Crippen LogP contribution in [0.3, 0.4) is 0 Å². The highest BCUT2D eigenvalue weighted by atomic mass is 32.2. The number of aliphatic carboxylic acids is 1. The number of hydrogen-bond donors (Lipinski definition) is 1. The second-order valence-corrected chi connectivity index (χ2v) is 6.19. The molecule has 0 saturated heterocycles. The van der Waals surface area contributed by atoms with Gasteiger partial charge in [-0.1, -0.05) is 0 Å². The first-order chi connectivity index (χ1) is 8.39. The third-order valence-corrected chi connectivity index (χ3v) is 4.33. The maximum absolute atomic E-state index is 12.2. The quantitative estimate of drug-likeness (QED) is 0.735. The highest BCUT2D eigenvalue weighted by molar-refractivity contribution is 7.89. The Balaban J connectivity index is 2.24. The van der Waals surface area contributed by atoms with Crippen molar-refractivity contribution in [3.05, 3.63) is 6.20 Å². The van der Waals surface area contributed by atoms with Gasteiger partial charge in [0.05, 0.1) is 6.20 Å². The van der Waals surface area contributed by atoms with Crippen molar-refractivity contribution in [2.45, 2.75) is 17.9 Å². The lowest BCUT2D eigenvalue weighted by molar-refractivity contribution is -0.137. The number of carboxylic acid groups (broad SMARTS) is 1. The molecular weight excluding hydrogens is 260 g/mol. The van der Waals surface area contributed by atoms with Crippen molar-refractivity contribution < 1.29 is 18.3 Å². The van der Waals surface area contributed by atoms with Gasteiger partial charge in [0.25, 0.3) is 10.0 Å². The van der Waals surface area contributed by atoms with Crippen molar-refractivity contribution >= 4 is 16.0 Å². The van der Waals surface area contributed by atoms with Crippen LogP contribution in [0.25, 0.3) is 0 Å². The zero-order valence-electron chi connectivity index (χ0n) is 9.85. The molecule has 0 amide bonds. The van der Waals surface area contributed by atoms with Crippen molar-refractivity contribution in [1.82, 2.24) is 19.3 Å². The molecule has 1 saturated carbocycles. The van der Waals surface area contributed by atoms with Crippen molar-refractivity contribution in [2.24, 2.45) is 13.0 Å². The monoisotopic (exact) mass is 274 g/mol. The molecule has 9 heteroatoms. The SMILES string of the molecule is Cn1ncc(S(=O)(=O)N(CC(=O)O)CC2CC2)n1. The van der Waals surface area contributed by atoms with Gasteiger partial charge in [-0.2, -0.15) is 14.2 Å². The minimum Gasteiger partial charge on any atom is -0.480 e. The Morgan fingerprint density at radius 2 is 2.28 bits per heavy atom. The standard InChI is InChI=1S/C9H14N4O4S/c1-12-10-4-8(11-12)18(16,17)13(6-9(14)15)5-7-2-3-7/h4,7H,2-3,5-6H2,1H3,(H,14,15). The number of aryl methyl sites for hydroxylation is 1. The van der Waals surface area contributed by atoms with Gasteiger partial charge in [-0.25, -0.2) is 8.42 Å². The highest BCUT2D eigenvalue weighted by Crippen LogP contribution is 2.31. The molecule has 0 bridgehead atoms. The highest BCUT2D eigenvalue weighted by Gasteiger charge is 2.34. The first-order valence-electron chi connectivity index (χ1n) is 5.48. The molecule has 1 aromatic heterocycles. The van der Waals surface area contributed by atoms with E-state index in [1.165, 1.54) is 7.05 Å². The molecule has 2 rings (SSSR count). The van der Waals surface area contributed by atoms with Crippen LogP contribution in [0.5, 0.6) is 0 Å². The van der Waals surface area contributed by atoms with Gasteiger partial charge in [-0.15, -0.1) is 5.10 Å². The molecule has 0 radical (unpaired) electrons. The number of nitrogens with zero attached hydrogens (tertiary/aromatic N) is 4. The minimum atomic E-state index is -3.87. The Morgan fingerprint density at radius 1 is 1.61 bits per heavy atom. The van der Waals surface area contributed by atoms with Crippen LogP contribution in [0.15, 0.2) is 11.2 Å². The Labute approximate surface area is 104 Å². The van der Waals surface area contributed by atoms with E-state index in [1.807, 2.05) is 0 Å². The molecule has 0 spiro atoms. The molecule has 0 aromatic carbocycles. The summed E-state index contributed by atoms with van der Waals surface area (Å²) < 4.78 is 25.3. The van der Waals surface area contributed by atoms with Crippen LogP contribution in [-0.2, 0) is 21.9 Å². The van der Waals surface area contributed by atoms with Crippen molar-refractivity contribution in [2.75, 3.05) is 13.1 Å². The summed E-state index contributed by atoms with van der Waals surface area (Å²) in [5.74, 6) is -0.918. The van der Waals surface area contributed by atoms with Gasteiger partial charge in [0.1, 0.15) is 6.54 Å². The predicted octanol–water partition coefficient (Wildman–Crippen LogP) is -0.700. The predicted molar refractivity (Wildman–Crippen MR) is 60.1 cm³/mol. The molecule has 1 aliphatic rings. The molecule has 0 aliphatic heterocycles. The van der Waals surface area contributed by atoms with Crippen molar-refractivity contribution in [3.63, 3.8) is 0 Å². The zero-order valence-corrected chi connectivity index (χ0v) is 10.7. The summed E-state index contributed by atoms with van der Waals surface area (Å²) in [6.07, 6.45) is 3.00. The molecule has 0 atom stereocenters. The lowest BCUT2D eigenvalue weighted by Gasteiger charge is -2.18. The maximum Gasteiger partial charge on any atom is 0.318 e. The van der Waals surface area contributed by atoms with E-state index in [0.29, 0.717) is 0 Å². The fourth-order valence-electron chi connectivity index (χ4n) is 1.56. The van der Waals surface area contributed by atoms with Crippen LogP contribution in [-0.4, -0.2) is 51.9 Å². The van der Waals surface area contributed by atoms with Gasteiger partial charge in [-0.05, 0) is 18.8 Å². The summed E-state index contributed by atoms with van der Waals surface area (Å²) >= 11 is 0. The van der Waals surface area contributed by atoms with E-state index in [1.54, 1.807) is 0 Å². The number of carboxylic acids is 1. The Bertz CT molecular complexity index is 549. The third kappa shape index (κ3) is 2.85. The first-order valence-corrected chi connectivity index (χ1v) is 6.92. The molecule has 1 heterocycles. The molecule has 18 heavy (non-hydrogen) atoms. The molecule has 100 valence electrons. The Kier molecular flexibility index (Phi) is 3.35. The first kappa shape index (κ1) is 13.0. The fourth-order valence-corrected chi connectivity index (χ4v) is 2.92. The molecule has 1 fully saturated rings. The summed E-state index contributed by atoms with van der Waals surface area (Å²) in [6, 6.07) is 0. The normalized spacial score (nSPS) is 16.1. The Hall–Kier alpha value is -1.48. The third-order valence-electron chi connectivity index (χ3n) is 2.65. The minimum absolute atomic E-state index is 0.216. The number of sulfonamides is 1. The second kappa shape index (κ2) is 4.65. The number of rotatable bonds is 6. The van der Waals surface area contributed by atoms with E-state index >= 15 is 0 Å². The van der Waals surface area contributed by atoms with Crippen molar-refractivity contribution in [1.29, 1.82) is 0 Å².